The molecular formula is C18H22BrN3O. The highest BCUT2D eigenvalue weighted by Crippen LogP contribution is 2.20. The summed E-state index contributed by atoms with van der Waals surface area (Å²) in [5.41, 5.74) is 3.51. The highest BCUT2D eigenvalue weighted by Gasteiger charge is 2.17. The summed E-state index contributed by atoms with van der Waals surface area (Å²) in [7, 11) is 0. The summed E-state index contributed by atoms with van der Waals surface area (Å²) in [6, 6.07) is 10.4. The van der Waals surface area contributed by atoms with Crippen LogP contribution in [-0.2, 0) is 19.7 Å². The Morgan fingerprint density at radius 1 is 1.00 bits per heavy atom. The van der Waals surface area contributed by atoms with Gasteiger partial charge in [0.05, 0.1) is 6.61 Å². The Balaban J connectivity index is 1.50. The Bertz CT molecular complexity index is 627. The molecule has 1 fully saturated rings. The molecule has 1 aliphatic rings. The number of nitrogens with zero attached hydrogens (tertiary/aromatic N) is 3. The van der Waals surface area contributed by atoms with Gasteiger partial charge in [0.25, 0.3) is 0 Å². The molecule has 5 heteroatoms. The van der Waals surface area contributed by atoms with Gasteiger partial charge in [0.2, 0.25) is 0 Å². The van der Waals surface area contributed by atoms with E-state index in [2.05, 4.69) is 48.9 Å². The van der Waals surface area contributed by atoms with Crippen LogP contribution < -0.4 is 0 Å². The van der Waals surface area contributed by atoms with E-state index in [0.717, 1.165) is 49.3 Å². The van der Waals surface area contributed by atoms with Crippen molar-refractivity contribution in [2.45, 2.75) is 19.7 Å². The average Bonchev–Trinajstić information content (AvgIpc) is 2.58. The van der Waals surface area contributed by atoms with Crippen LogP contribution in [0.15, 0.2) is 47.2 Å². The highest BCUT2D eigenvalue weighted by molar-refractivity contribution is 9.10. The molecule has 0 atom stereocenters. The molecule has 23 heavy (non-hydrogen) atoms. The fourth-order valence-electron chi connectivity index (χ4n) is 2.93. The molecule has 0 unspecified atom stereocenters. The summed E-state index contributed by atoms with van der Waals surface area (Å²) in [4.78, 5) is 9.15. The predicted molar refractivity (Wildman–Crippen MR) is 94.9 cm³/mol. The lowest BCUT2D eigenvalue weighted by Gasteiger charge is -2.34. The maximum absolute atomic E-state index is 9.23. The highest BCUT2D eigenvalue weighted by atomic mass is 79.9. The van der Waals surface area contributed by atoms with Crippen LogP contribution in [0, 0.1) is 0 Å². The van der Waals surface area contributed by atoms with Gasteiger partial charge in [-0.1, -0.05) is 34.1 Å². The molecule has 0 spiro atoms. The van der Waals surface area contributed by atoms with E-state index < -0.39 is 0 Å². The van der Waals surface area contributed by atoms with E-state index in [1.807, 2.05) is 24.5 Å². The summed E-state index contributed by atoms with van der Waals surface area (Å²) < 4.78 is 0.993. The first kappa shape index (κ1) is 16.6. The molecule has 0 saturated carbocycles. The number of pyridine rings is 1. The molecule has 0 amide bonds. The van der Waals surface area contributed by atoms with Gasteiger partial charge >= 0.3 is 0 Å². The summed E-state index contributed by atoms with van der Waals surface area (Å²) >= 11 is 3.53. The summed E-state index contributed by atoms with van der Waals surface area (Å²) in [5, 5.41) is 9.23. The van der Waals surface area contributed by atoms with Gasteiger partial charge in [-0.15, -0.1) is 0 Å². The van der Waals surface area contributed by atoms with Gasteiger partial charge in [0.15, 0.2) is 0 Å². The van der Waals surface area contributed by atoms with E-state index in [4.69, 9.17) is 0 Å². The summed E-state index contributed by atoms with van der Waals surface area (Å²) in [6.45, 7) is 6.37. The van der Waals surface area contributed by atoms with Crippen molar-refractivity contribution in [3.8, 4) is 0 Å². The second kappa shape index (κ2) is 8.02. The number of aliphatic hydroxyl groups is 1. The Labute approximate surface area is 145 Å². The first-order chi connectivity index (χ1) is 11.2. The zero-order chi connectivity index (χ0) is 16.1. The number of halogens is 1. The first-order valence-corrected chi connectivity index (χ1v) is 8.75. The predicted octanol–water partition coefficient (Wildman–Crippen LogP) is 2.65. The van der Waals surface area contributed by atoms with Gasteiger partial charge in [0, 0.05) is 56.1 Å². The number of rotatable bonds is 5. The van der Waals surface area contributed by atoms with E-state index in [1.54, 1.807) is 0 Å². The SMILES string of the molecule is OCc1ccc(CN2CCN(Cc3cccnc3)CC2)cc1Br. The number of aliphatic hydroxyl groups excluding tert-OH is 1. The van der Waals surface area contributed by atoms with Gasteiger partial charge < -0.3 is 5.11 Å². The van der Waals surface area contributed by atoms with Crippen LogP contribution in [0.25, 0.3) is 0 Å². The Morgan fingerprint density at radius 3 is 2.26 bits per heavy atom. The molecule has 0 bridgehead atoms. The smallest absolute Gasteiger partial charge is 0.0692 e. The van der Waals surface area contributed by atoms with E-state index in [0.29, 0.717) is 0 Å². The molecular weight excluding hydrogens is 354 g/mol. The van der Waals surface area contributed by atoms with Gasteiger partial charge in [-0.25, -0.2) is 0 Å². The van der Waals surface area contributed by atoms with Crippen molar-refractivity contribution in [2.24, 2.45) is 0 Å². The van der Waals surface area contributed by atoms with Crippen molar-refractivity contribution >= 4 is 15.9 Å². The number of hydrogen-bond acceptors (Lipinski definition) is 4. The zero-order valence-corrected chi connectivity index (χ0v) is 14.7. The van der Waals surface area contributed by atoms with Crippen molar-refractivity contribution in [3.05, 3.63) is 63.9 Å². The van der Waals surface area contributed by atoms with Crippen molar-refractivity contribution in [1.29, 1.82) is 0 Å². The molecule has 1 aromatic carbocycles. The van der Waals surface area contributed by atoms with Gasteiger partial charge in [-0.3, -0.25) is 14.8 Å². The average molecular weight is 376 g/mol. The topological polar surface area (TPSA) is 39.6 Å². The van der Waals surface area contributed by atoms with Crippen molar-refractivity contribution < 1.29 is 5.11 Å². The largest absolute Gasteiger partial charge is 0.392 e. The third kappa shape index (κ3) is 4.61. The third-order valence-corrected chi connectivity index (χ3v) is 5.03. The van der Waals surface area contributed by atoms with E-state index >= 15 is 0 Å². The third-order valence-electron chi connectivity index (χ3n) is 4.29. The van der Waals surface area contributed by atoms with Crippen LogP contribution in [0.2, 0.25) is 0 Å². The number of aromatic nitrogens is 1. The lowest BCUT2D eigenvalue weighted by Crippen LogP contribution is -2.45. The summed E-state index contributed by atoms with van der Waals surface area (Å²) in [6.07, 6.45) is 3.77. The molecule has 2 aromatic rings. The molecule has 1 aliphatic heterocycles. The maximum atomic E-state index is 9.23. The van der Waals surface area contributed by atoms with Crippen LogP contribution in [0.5, 0.6) is 0 Å². The standard InChI is InChI=1S/C18H22BrN3O/c19-18-10-15(3-4-17(18)14-23)12-21-6-8-22(9-7-21)13-16-2-1-5-20-11-16/h1-5,10-11,23H,6-9,12-14H2. The monoisotopic (exact) mass is 375 g/mol. The lowest BCUT2D eigenvalue weighted by molar-refractivity contribution is 0.122. The number of hydrogen-bond donors (Lipinski definition) is 1. The van der Waals surface area contributed by atoms with Gasteiger partial charge in [-0.2, -0.15) is 0 Å². The molecule has 0 aliphatic carbocycles. The van der Waals surface area contributed by atoms with Crippen molar-refractivity contribution in [3.63, 3.8) is 0 Å². The van der Waals surface area contributed by atoms with Crippen LogP contribution in [0.4, 0.5) is 0 Å². The zero-order valence-electron chi connectivity index (χ0n) is 13.2. The van der Waals surface area contributed by atoms with Crippen molar-refractivity contribution in [1.82, 2.24) is 14.8 Å². The number of benzene rings is 1. The molecule has 122 valence electrons. The van der Waals surface area contributed by atoms with E-state index in [1.165, 1.54) is 11.1 Å². The Hall–Kier alpha value is -1.27. The molecule has 1 N–H and O–H groups in total. The van der Waals surface area contributed by atoms with Crippen LogP contribution in [-0.4, -0.2) is 46.1 Å². The van der Waals surface area contributed by atoms with E-state index in [-0.39, 0.29) is 6.61 Å². The Kier molecular flexibility index (Phi) is 5.78. The molecule has 4 nitrogen and oxygen atoms in total. The normalized spacial score (nSPS) is 16.6. The quantitative estimate of drug-likeness (QED) is 0.871. The number of piperazine rings is 1. The van der Waals surface area contributed by atoms with Crippen LogP contribution in [0.3, 0.4) is 0 Å². The maximum Gasteiger partial charge on any atom is 0.0692 e. The second-order valence-corrected chi connectivity index (χ2v) is 6.85. The van der Waals surface area contributed by atoms with E-state index in [9.17, 15) is 5.11 Å². The molecule has 1 aromatic heterocycles. The van der Waals surface area contributed by atoms with Crippen LogP contribution >= 0.6 is 15.9 Å². The molecule has 0 radical (unpaired) electrons. The van der Waals surface area contributed by atoms with Crippen LogP contribution in [0.1, 0.15) is 16.7 Å². The van der Waals surface area contributed by atoms with Gasteiger partial charge in [-0.05, 0) is 28.8 Å². The molecule has 2 heterocycles. The summed E-state index contributed by atoms with van der Waals surface area (Å²) in [5.74, 6) is 0. The fraction of sp³-hybridized carbons (Fsp3) is 0.389. The fourth-order valence-corrected chi connectivity index (χ4v) is 3.48. The minimum absolute atomic E-state index is 0.0773. The second-order valence-electron chi connectivity index (χ2n) is 6.00. The molecule has 3 rings (SSSR count). The van der Waals surface area contributed by atoms with Crippen molar-refractivity contribution in [2.75, 3.05) is 26.2 Å². The van der Waals surface area contributed by atoms with Gasteiger partial charge in [0.1, 0.15) is 0 Å². The minimum Gasteiger partial charge on any atom is -0.392 e. The Morgan fingerprint density at radius 2 is 1.70 bits per heavy atom. The lowest BCUT2D eigenvalue weighted by atomic mass is 10.1. The molecule has 1 saturated heterocycles. The minimum atomic E-state index is 0.0773. The first-order valence-electron chi connectivity index (χ1n) is 7.96.